The number of methoxy groups -OCH3 is 1. The molecule has 100 valence electrons. The van der Waals surface area contributed by atoms with Crippen LogP contribution in [-0.2, 0) is 11.2 Å². The van der Waals surface area contributed by atoms with E-state index < -0.39 is 0 Å². The second-order valence-corrected chi connectivity index (χ2v) is 5.06. The number of hydrogen-bond acceptors (Lipinski definition) is 2. The standard InChI is InChI=1S/C15H21ClO2/c1-11(2)12(3)7-13-8-14(16)10-15(9-13)18-6-5-17-4/h8-11H,3,5-7H2,1-2,4H3. The van der Waals surface area contributed by atoms with Gasteiger partial charge in [0.1, 0.15) is 12.4 Å². The lowest BCUT2D eigenvalue weighted by Crippen LogP contribution is -2.05. The highest BCUT2D eigenvalue weighted by Gasteiger charge is 2.05. The predicted molar refractivity (Wildman–Crippen MR) is 76.5 cm³/mol. The van der Waals surface area contributed by atoms with Gasteiger partial charge in [-0.2, -0.15) is 0 Å². The van der Waals surface area contributed by atoms with Crippen LogP contribution in [0.3, 0.4) is 0 Å². The Balaban J connectivity index is 2.71. The summed E-state index contributed by atoms with van der Waals surface area (Å²) in [4.78, 5) is 0. The highest BCUT2D eigenvalue weighted by molar-refractivity contribution is 6.30. The van der Waals surface area contributed by atoms with E-state index in [2.05, 4.69) is 20.4 Å². The van der Waals surface area contributed by atoms with Gasteiger partial charge in [0.25, 0.3) is 0 Å². The highest BCUT2D eigenvalue weighted by atomic mass is 35.5. The first-order valence-corrected chi connectivity index (χ1v) is 6.49. The third kappa shape index (κ3) is 5.11. The molecule has 0 radical (unpaired) electrons. The fraction of sp³-hybridized carbons (Fsp3) is 0.467. The van der Waals surface area contributed by atoms with Gasteiger partial charge >= 0.3 is 0 Å². The monoisotopic (exact) mass is 268 g/mol. The second kappa shape index (κ2) is 7.45. The second-order valence-electron chi connectivity index (χ2n) is 4.63. The molecule has 3 heteroatoms. The van der Waals surface area contributed by atoms with Gasteiger partial charge in [0.05, 0.1) is 6.61 Å². The number of allylic oxidation sites excluding steroid dienone is 1. The first-order valence-electron chi connectivity index (χ1n) is 6.11. The average Bonchev–Trinajstić information content (AvgIpc) is 2.28. The Bertz CT molecular complexity index is 399. The molecule has 0 unspecified atom stereocenters. The molecule has 0 atom stereocenters. The van der Waals surface area contributed by atoms with Crippen molar-refractivity contribution in [3.8, 4) is 5.75 Å². The summed E-state index contributed by atoms with van der Waals surface area (Å²) >= 11 is 6.08. The fourth-order valence-corrected chi connectivity index (χ4v) is 1.76. The normalized spacial score (nSPS) is 10.7. The maximum Gasteiger partial charge on any atom is 0.121 e. The summed E-state index contributed by atoms with van der Waals surface area (Å²) < 4.78 is 10.5. The van der Waals surface area contributed by atoms with Gasteiger partial charge in [0, 0.05) is 12.1 Å². The lowest BCUT2D eigenvalue weighted by molar-refractivity contribution is 0.146. The summed E-state index contributed by atoms with van der Waals surface area (Å²) in [5.41, 5.74) is 2.33. The van der Waals surface area contributed by atoms with Gasteiger partial charge < -0.3 is 9.47 Å². The van der Waals surface area contributed by atoms with E-state index in [0.717, 1.165) is 17.7 Å². The van der Waals surface area contributed by atoms with Crippen LogP contribution in [0, 0.1) is 5.92 Å². The lowest BCUT2D eigenvalue weighted by Gasteiger charge is -2.12. The molecule has 0 aromatic heterocycles. The minimum absolute atomic E-state index is 0.474. The maximum absolute atomic E-state index is 6.08. The van der Waals surface area contributed by atoms with Gasteiger partial charge in [-0.05, 0) is 36.1 Å². The molecule has 0 amide bonds. The molecule has 0 saturated heterocycles. The fourth-order valence-electron chi connectivity index (χ4n) is 1.52. The molecule has 0 saturated carbocycles. The molecule has 0 heterocycles. The van der Waals surface area contributed by atoms with Crippen molar-refractivity contribution in [1.29, 1.82) is 0 Å². The van der Waals surface area contributed by atoms with Crippen LogP contribution in [-0.4, -0.2) is 20.3 Å². The van der Waals surface area contributed by atoms with Crippen LogP contribution in [0.25, 0.3) is 0 Å². The van der Waals surface area contributed by atoms with Crippen molar-refractivity contribution in [2.75, 3.05) is 20.3 Å². The van der Waals surface area contributed by atoms with Crippen LogP contribution in [0.5, 0.6) is 5.75 Å². The minimum Gasteiger partial charge on any atom is -0.491 e. The van der Waals surface area contributed by atoms with Crippen molar-refractivity contribution in [1.82, 2.24) is 0 Å². The molecule has 0 aliphatic heterocycles. The van der Waals surface area contributed by atoms with E-state index in [0.29, 0.717) is 24.2 Å². The first-order chi connectivity index (χ1) is 8.52. The highest BCUT2D eigenvalue weighted by Crippen LogP contribution is 2.24. The molecule has 0 N–H and O–H groups in total. The Kier molecular flexibility index (Phi) is 6.23. The Hall–Kier alpha value is -0.990. The lowest BCUT2D eigenvalue weighted by atomic mass is 9.97. The quantitative estimate of drug-likeness (QED) is 0.547. The van der Waals surface area contributed by atoms with E-state index in [1.54, 1.807) is 7.11 Å². The van der Waals surface area contributed by atoms with E-state index in [1.165, 1.54) is 5.57 Å². The summed E-state index contributed by atoms with van der Waals surface area (Å²) in [6, 6.07) is 5.78. The van der Waals surface area contributed by atoms with Crippen molar-refractivity contribution in [3.05, 3.63) is 40.9 Å². The number of halogens is 1. The largest absolute Gasteiger partial charge is 0.491 e. The predicted octanol–water partition coefficient (Wildman–Crippen LogP) is 4.12. The topological polar surface area (TPSA) is 18.5 Å². The Morgan fingerprint density at radius 3 is 2.61 bits per heavy atom. The SMILES string of the molecule is C=C(Cc1cc(Cl)cc(OCCOC)c1)C(C)C. The molecule has 1 rings (SSSR count). The van der Waals surface area contributed by atoms with Gasteiger partial charge in [-0.25, -0.2) is 0 Å². The van der Waals surface area contributed by atoms with Crippen LogP contribution in [0.15, 0.2) is 30.4 Å². The zero-order valence-corrected chi connectivity index (χ0v) is 12.1. The van der Waals surface area contributed by atoms with E-state index in [4.69, 9.17) is 21.1 Å². The third-order valence-corrected chi connectivity index (χ3v) is 2.95. The molecule has 0 spiro atoms. The molecule has 1 aromatic carbocycles. The Morgan fingerprint density at radius 2 is 2.00 bits per heavy atom. The molecular formula is C15H21ClO2. The molecule has 18 heavy (non-hydrogen) atoms. The summed E-state index contributed by atoms with van der Waals surface area (Å²) in [5.74, 6) is 1.26. The summed E-state index contributed by atoms with van der Waals surface area (Å²) in [5, 5.41) is 0.691. The van der Waals surface area contributed by atoms with Gasteiger partial charge in [-0.15, -0.1) is 0 Å². The van der Waals surface area contributed by atoms with Crippen molar-refractivity contribution in [3.63, 3.8) is 0 Å². The summed E-state index contributed by atoms with van der Waals surface area (Å²) in [6.07, 6.45) is 0.832. The van der Waals surface area contributed by atoms with Gasteiger partial charge in [0.2, 0.25) is 0 Å². The van der Waals surface area contributed by atoms with Crippen LogP contribution < -0.4 is 4.74 Å². The summed E-state index contributed by atoms with van der Waals surface area (Å²) in [6.45, 7) is 9.46. The van der Waals surface area contributed by atoms with Crippen molar-refractivity contribution >= 4 is 11.6 Å². The number of ether oxygens (including phenoxy) is 2. The summed E-state index contributed by atoms with van der Waals surface area (Å²) in [7, 11) is 1.65. The van der Waals surface area contributed by atoms with E-state index in [1.807, 2.05) is 18.2 Å². The molecular weight excluding hydrogens is 248 g/mol. The van der Waals surface area contributed by atoms with Crippen LogP contribution in [0.1, 0.15) is 19.4 Å². The molecule has 0 fully saturated rings. The molecule has 1 aromatic rings. The molecule has 0 bridgehead atoms. The van der Waals surface area contributed by atoms with E-state index >= 15 is 0 Å². The van der Waals surface area contributed by atoms with Crippen molar-refractivity contribution < 1.29 is 9.47 Å². The van der Waals surface area contributed by atoms with Gasteiger partial charge in [0.15, 0.2) is 0 Å². The average molecular weight is 269 g/mol. The van der Waals surface area contributed by atoms with Crippen LogP contribution >= 0.6 is 11.6 Å². The number of hydrogen-bond donors (Lipinski definition) is 0. The molecule has 0 aliphatic rings. The van der Waals surface area contributed by atoms with Crippen molar-refractivity contribution in [2.24, 2.45) is 5.92 Å². The maximum atomic E-state index is 6.08. The zero-order chi connectivity index (χ0) is 13.5. The van der Waals surface area contributed by atoms with Crippen molar-refractivity contribution in [2.45, 2.75) is 20.3 Å². The Morgan fingerprint density at radius 1 is 1.28 bits per heavy atom. The van der Waals surface area contributed by atoms with Gasteiger partial charge in [-0.1, -0.05) is 37.6 Å². The number of rotatable bonds is 7. The minimum atomic E-state index is 0.474. The smallest absolute Gasteiger partial charge is 0.121 e. The van der Waals surface area contributed by atoms with Crippen LogP contribution in [0.4, 0.5) is 0 Å². The van der Waals surface area contributed by atoms with E-state index in [-0.39, 0.29) is 0 Å². The third-order valence-electron chi connectivity index (χ3n) is 2.73. The number of benzene rings is 1. The zero-order valence-electron chi connectivity index (χ0n) is 11.3. The molecule has 0 aliphatic carbocycles. The van der Waals surface area contributed by atoms with Crippen LogP contribution in [0.2, 0.25) is 5.02 Å². The first kappa shape index (κ1) is 15.1. The van der Waals surface area contributed by atoms with E-state index in [9.17, 15) is 0 Å². The van der Waals surface area contributed by atoms with Gasteiger partial charge in [-0.3, -0.25) is 0 Å². The molecule has 2 nitrogen and oxygen atoms in total. The Labute approximate surface area is 115 Å².